The van der Waals surface area contributed by atoms with Crippen molar-refractivity contribution in [2.24, 2.45) is 11.7 Å². The molecule has 2 atom stereocenters. The van der Waals surface area contributed by atoms with Gasteiger partial charge in [-0.3, -0.25) is 9.78 Å². The molecule has 0 aromatic carbocycles. The van der Waals surface area contributed by atoms with Crippen molar-refractivity contribution in [1.29, 1.82) is 0 Å². The van der Waals surface area contributed by atoms with Crippen molar-refractivity contribution in [3.05, 3.63) is 30.1 Å². The highest BCUT2D eigenvalue weighted by Crippen LogP contribution is 2.32. The van der Waals surface area contributed by atoms with Crippen molar-refractivity contribution in [3.63, 3.8) is 0 Å². The summed E-state index contributed by atoms with van der Waals surface area (Å²) in [6, 6.07) is 3.87. The second kappa shape index (κ2) is 8.57. The van der Waals surface area contributed by atoms with Gasteiger partial charge in [0.05, 0.1) is 5.92 Å². The summed E-state index contributed by atoms with van der Waals surface area (Å²) in [4.78, 5) is 18.3. The molecule has 1 aromatic rings. The van der Waals surface area contributed by atoms with Gasteiger partial charge in [-0.15, -0.1) is 24.8 Å². The highest BCUT2D eigenvalue weighted by molar-refractivity contribution is 5.85. The molecular formula is C15H25Cl2N3O. The van der Waals surface area contributed by atoms with Crippen molar-refractivity contribution < 1.29 is 4.79 Å². The molecule has 0 spiro atoms. The third-order valence-corrected chi connectivity index (χ3v) is 4.10. The number of amides is 1. The summed E-state index contributed by atoms with van der Waals surface area (Å²) >= 11 is 0. The fraction of sp³-hybridized carbons (Fsp3) is 0.600. The van der Waals surface area contributed by atoms with Crippen molar-refractivity contribution in [1.82, 2.24) is 9.88 Å². The molecule has 6 heteroatoms. The van der Waals surface area contributed by atoms with E-state index in [1.54, 1.807) is 17.3 Å². The standard InChI is InChI=1S/C15H23N3O.2ClH/c1-15(16)8-4-3-5-13(15)14(19)18(2)11-12-6-9-17-10-7-12;;/h6-7,9-10,13H,3-5,8,11,16H2,1-2H3;2*1H. The van der Waals surface area contributed by atoms with E-state index in [0.29, 0.717) is 6.54 Å². The van der Waals surface area contributed by atoms with Gasteiger partial charge in [0, 0.05) is 31.5 Å². The van der Waals surface area contributed by atoms with Gasteiger partial charge in [-0.1, -0.05) is 12.8 Å². The highest BCUT2D eigenvalue weighted by atomic mass is 35.5. The Morgan fingerprint density at radius 2 is 2.00 bits per heavy atom. The summed E-state index contributed by atoms with van der Waals surface area (Å²) in [6.45, 7) is 2.63. The van der Waals surface area contributed by atoms with Crippen LogP contribution in [0.25, 0.3) is 0 Å². The lowest BCUT2D eigenvalue weighted by molar-refractivity contribution is -0.138. The van der Waals surface area contributed by atoms with Crippen LogP contribution in [-0.4, -0.2) is 28.4 Å². The SMILES string of the molecule is CN(Cc1ccncc1)C(=O)C1CCCCC1(C)N.Cl.Cl. The first kappa shape index (κ1) is 20.2. The second-order valence-electron chi connectivity index (χ2n) is 5.85. The van der Waals surface area contributed by atoms with E-state index in [2.05, 4.69) is 4.98 Å². The maximum atomic E-state index is 12.5. The molecule has 0 aliphatic heterocycles. The van der Waals surface area contributed by atoms with Crippen LogP contribution in [0.1, 0.15) is 38.2 Å². The molecule has 0 saturated heterocycles. The summed E-state index contributed by atoms with van der Waals surface area (Å²) in [7, 11) is 1.85. The largest absolute Gasteiger partial charge is 0.341 e. The van der Waals surface area contributed by atoms with Crippen LogP contribution in [-0.2, 0) is 11.3 Å². The van der Waals surface area contributed by atoms with Crippen LogP contribution < -0.4 is 5.73 Å². The Morgan fingerprint density at radius 3 is 2.57 bits per heavy atom. The molecule has 4 nitrogen and oxygen atoms in total. The molecule has 120 valence electrons. The quantitative estimate of drug-likeness (QED) is 0.925. The predicted molar refractivity (Wildman–Crippen MR) is 89.8 cm³/mol. The summed E-state index contributed by atoms with van der Waals surface area (Å²) in [6.07, 6.45) is 7.58. The van der Waals surface area contributed by atoms with Gasteiger partial charge in [-0.25, -0.2) is 0 Å². The first-order valence-electron chi connectivity index (χ1n) is 6.93. The van der Waals surface area contributed by atoms with Gasteiger partial charge in [0.2, 0.25) is 5.91 Å². The van der Waals surface area contributed by atoms with Crippen LogP contribution in [0.15, 0.2) is 24.5 Å². The number of halogens is 2. The maximum absolute atomic E-state index is 12.5. The second-order valence-corrected chi connectivity index (χ2v) is 5.85. The average Bonchev–Trinajstić information content (AvgIpc) is 2.38. The van der Waals surface area contributed by atoms with Gasteiger partial charge in [0.1, 0.15) is 0 Å². The number of carbonyl (C=O) groups is 1. The summed E-state index contributed by atoms with van der Waals surface area (Å²) < 4.78 is 0. The van der Waals surface area contributed by atoms with E-state index in [9.17, 15) is 4.79 Å². The molecule has 0 bridgehead atoms. The molecule has 1 aromatic heterocycles. The summed E-state index contributed by atoms with van der Waals surface area (Å²) in [5, 5.41) is 0. The van der Waals surface area contributed by atoms with Crippen LogP contribution in [0.5, 0.6) is 0 Å². The Balaban J connectivity index is 0.00000200. The van der Waals surface area contributed by atoms with E-state index in [0.717, 1.165) is 31.2 Å². The minimum Gasteiger partial charge on any atom is -0.341 e. The molecular weight excluding hydrogens is 309 g/mol. The molecule has 1 amide bonds. The van der Waals surface area contributed by atoms with Crippen LogP contribution in [0.4, 0.5) is 0 Å². The zero-order chi connectivity index (χ0) is 13.9. The maximum Gasteiger partial charge on any atom is 0.227 e. The third kappa shape index (κ3) is 5.13. The number of nitrogens with zero attached hydrogens (tertiary/aromatic N) is 2. The topological polar surface area (TPSA) is 59.2 Å². The Labute approximate surface area is 139 Å². The van der Waals surface area contributed by atoms with Gasteiger partial charge < -0.3 is 10.6 Å². The minimum absolute atomic E-state index is 0. The van der Waals surface area contributed by atoms with E-state index in [4.69, 9.17) is 5.73 Å². The predicted octanol–water partition coefficient (Wildman–Crippen LogP) is 2.79. The van der Waals surface area contributed by atoms with Crippen molar-refractivity contribution in [3.8, 4) is 0 Å². The molecule has 2 N–H and O–H groups in total. The van der Waals surface area contributed by atoms with Gasteiger partial charge in [-0.05, 0) is 37.5 Å². The molecule has 1 fully saturated rings. The summed E-state index contributed by atoms with van der Waals surface area (Å²) in [5.41, 5.74) is 7.03. The third-order valence-electron chi connectivity index (χ3n) is 4.10. The first-order valence-corrected chi connectivity index (χ1v) is 6.93. The number of carbonyl (C=O) groups excluding carboxylic acids is 1. The molecule has 21 heavy (non-hydrogen) atoms. The lowest BCUT2D eigenvalue weighted by atomic mass is 9.74. The van der Waals surface area contributed by atoms with E-state index in [1.165, 1.54) is 0 Å². The van der Waals surface area contributed by atoms with Crippen molar-refractivity contribution in [2.75, 3.05) is 7.05 Å². The number of nitrogens with two attached hydrogens (primary N) is 1. The zero-order valence-corrected chi connectivity index (χ0v) is 14.3. The smallest absolute Gasteiger partial charge is 0.227 e. The average molecular weight is 334 g/mol. The molecule has 0 radical (unpaired) electrons. The van der Waals surface area contributed by atoms with Crippen molar-refractivity contribution in [2.45, 2.75) is 44.7 Å². The lowest BCUT2D eigenvalue weighted by Crippen LogP contribution is -2.53. The number of pyridine rings is 1. The number of aromatic nitrogens is 1. The normalized spacial score (nSPS) is 24.4. The van der Waals surface area contributed by atoms with E-state index < -0.39 is 0 Å². The first-order chi connectivity index (χ1) is 9.00. The number of rotatable bonds is 3. The van der Waals surface area contributed by atoms with Gasteiger partial charge >= 0.3 is 0 Å². The Morgan fingerprint density at radius 1 is 1.38 bits per heavy atom. The van der Waals surface area contributed by atoms with Crippen molar-refractivity contribution >= 4 is 30.7 Å². The van der Waals surface area contributed by atoms with E-state index >= 15 is 0 Å². The molecule has 2 rings (SSSR count). The van der Waals surface area contributed by atoms with Gasteiger partial charge in [0.25, 0.3) is 0 Å². The molecule has 2 unspecified atom stereocenters. The Kier molecular flexibility index (Phi) is 8.22. The van der Waals surface area contributed by atoms with E-state index in [1.807, 2.05) is 26.1 Å². The molecule has 1 aliphatic rings. The Hall–Kier alpha value is -0.840. The fourth-order valence-corrected chi connectivity index (χ4v) is 2.87. The lowest BCUT2D eigenvalue weighted by Gasteiger charge is -2.39. The fourth-order valence-electron chi connectivity index (χ4n) is 2.87. The van der Waals surface area contributed by atoms with Crippen LogP contribution in [0, 0.1) is 5.92 Å². The minimum atomic E-state index is -0.359. The van der Waals surface area contributed by atoms with E-state index in [-0.39, 0.29) is 42.2 Å². The van der Waals surface area contributed by atoms with Crippen LogP contribution >= 0.6 is 24.8 Å². The highest BCUT2D eigenvalue weighted by Gasteiger charge is 2.38. The van der Waals surface area contributed by atoms with Crippen LogP contribution in [0.3, 0.4) is 0 Å². The number of hydrogen-bond donors (Lipinski definition) is 1. The molecule has 1 saturated carbocycles. The monoisotopic (exact) mass is 333 g/mol. The zero-order valence-electron chi connectivity index (χ0n) is 12.6. The van der Waals surface area contributed by atoms with Gasteiger partial charge in [0.15, 0.2) is 0 Å². The molecule has 1 aliphatic carbocycles. The van der Waals surface area contributed by atoms with Gasteiger partial charge in [-0.2, -0.15) is 0 Å². The van der Waals surface area contributed by atoms with Crippen LogP contribution in [0.2, 0.25) is 0 Å². The molecule has 1 heterocycles. The Bertz CT molecular complexity index is 440. The summed E-state index contributed by atoms with van der Waals surface area (Å²) in [5.74, 6) is 0.120. The number of hydrogen-bond acceptors (Lipinski definition) is 3.